The predicted octanol–water partition coefficient (Wildman–Crippen LogP) is 3.73. The molecule has 0 aliphatic heterocycles. The fourth-order valence-corrected chi connectivity index (χ4v) is 5.46. The third-order valence-electron chi connectivity index (χ3n) is 3.64. The van der Waals surface area contributed by atoms with Crippen molar-refractivity contribution in [3.05, 3.63) is 0 Å². The molecular formula is C13H27O4P. The van der Waals surface area contributed by atoms with Crippen molar-refractivity contribution < 1.29 is 18.7 Å². The average molecular weight is 278 g/mol. The van der Waals surface area contributed by atoms with Crippen LogP contribution in [0.2, 0.25) is 0 Å². The third kappa shape index (κ3) is 3.57. The standard InChI is InChI=1S/C13H27O4P/c1-4-10-13(14)11-8-7-9-12(13)18(15,16-5-2)17-6-3/h12,14H,4-11H2,1-3H3/t12-,13-/m1/s1. The van der Waals surface area contributed by atoms with Crippen molar-refractivity contribution in [2.45, 2.75) is 70.6 Å². The second-order valence-electron chi connectivity index (χ2n) is 4.99. The molecule has 1 aliphatic carbocycles. The van der Waals surface area contributed by atoms with Crippen LogP contribution in [0.25, 0.3) is 0 Å². The van der Waals surface area contributed by atoms with Gasteiger partial charge >= 0.3 is 7.60 Å². The summed E-state index contributed by atoms with van der Waals surface area (Å²) in [7, 11) is -3.20. The fourth-order valence-electron chi connectivity index (χ4n) is 2.96. The summed E-state index contributed by atoms with van der Waals surface area (Å²) < 4.78 is 23.7. The summed E-state index contributed by atoms with van der Waals surface area (Å²) in [5.41, 5.74) is -1.24. The number of rotatable bonds is 7. The lowest BCUT2D eigenvalue weighted by molar-refractivity contribution is -0.0103. The Kier molecular flexibility index (Phi) is 6.32. The Hall–Kier alpha value is 0.110. The Labute approximate surface area is 111 Å². The maximum atomic E-state index is 12.9. The molecule has 1 fully saturated rings. The molecule has 1 N–H and O–H groups in total. The maximum Gasteiger partial charge on any atom is 0.336 e. The second kappa shape index (κ2) is 7.04. The van der Waals surface area contributed by atoms with E-state index in [1.165, 1.54) is 0 Å². The van der Waals surface area contributed by atoms with E-state index in [-0.39, 0.29) is 5.66 Å². The molecular weight excluding hydrogens is 251 g/mol. The van der Waals surface area contributed by atoms with Gasteiger partial charge in [0.2, 0.25) is 0 Å². The van der Waals surface area contributed by atoms with Crippen LogP contribution in [-0.4, -0.2) is 29.6 Å². The van der Waals surface area contributed by atoms with Crippen molar-refractivity contribution in [1.82, 2.24) is 0 Å². The summed E-state index contributed by atoms with van der Waals surface area (Å²) in [4.78, 5) is 0. The highest BCUT2D eigenvalue weighted by atomic mass is 31.2. The van der Waals surface area contributed by atoms with Crippen LogP contribution in [0.4, 0.5) is 0 Å². The smallest absolute Gasteiger partial charge is 0.336 e. The van der Waals surface area contributed by atoms with Gasteiger partial charge in [-0.3, -0.25) is 4.57 Å². The average Bonchev–Trinajstić information content (AvgIpc) is 2.30. The molecule has 2 atom stereocenters. The van der Waals surface area contributed by atoms with Gasteiger partial charge in [-0.1, -0.05) is 26.2 Å². The van der Waals surface area contributed by atoms with Crippen LogP contribution in [0, 0.1) is 0 Å². The zero-order chi connectivity index (χ0) is 13.6. The molecule has 0 spiro atoms. The number of aliphatic hydroxyl groups is 1. The Morgan fingerprint density at radius 3 is 2.33 bits per heavy atom. The first-order valence-electron chi connectivity index (χ1n) is 7.13. The normalized spacial score (nSPS) is 29.4. The SMILES string of the molecule is CCC[C@@]1(O)CCCC[C@H]1P(=O)(OCC)OCC. The Morgan fingerprint density at radius 1 is 1.22 bits per heavy atom. The lowest BCUT2D eigenvalue weighted by atomic mass is 9.81. The number of hydrogen-bond acceptors (Lipinski definition) is 4. The van der Waals surface area contributed by atoms with Gasteiger partial charge in [-0.05, 0) is 33.1 Å². The highest BCUT2D eigenvalue weighted by molar-refractivity contribution is 7.54. The van der Waals surface area contributed by atoms with Gasteiger partial charge in [0.25, 0.3) is 0 Å². The molecule has 0 bridgehead atoms. The minimum Gasteiger partial charge on any atom is -0.389 e. The van der Waals surface area contributed by atoms with Gasteiger partial charge in [0.1, 0.15) is 0 Å². The van der Waals surface area contributed by atoms with Crippen molar-refractivity contribution >= 4 is 7.60 Å². The largest absolute Gasteiger partial charge is 0.389 e. The van der Waals surface area contributed by atoms with Gasteiger partial charge in [-0.15, -0.1) is 0 Å². The van der Waals surface area contributed by atoms with Crippen LogP contribution in [0.5, 0.6) is 0 Å². The van der Waals surface area contributed by atoms with E-state index < -0.39 is 13.2 Å². The first kappa shape index (κ1) is 16.2. The minimum atomic E-state index is -3.20. The second-order valence-corrected chi connectivity index (χ2v) is 7.21. The Bertz CT molecular complexity index is 281. The van der Waals surface area contributed by atoms with Crippen LogP contribution in [-0.2, 0) is 13.6 Å². The third-order valence-corrected chi connectivity index (χ3v) is 6.38. The molecule has 1 rings (SSSR count). The number of hydrogen-bond donors (Lipinski definition) is 1. The quantitative estimate of drug-likeness (QED) is 0.721. The van der Waals surface area contributed by atoms with E-state index >= 15 is 0 Å². The molecule has 1 aliphatic rings. The lowest BCUT2D eigenvalue weighted by Gasteiger charge is -2.42. The van der Waals surface area contributed by atoms with Crippen molar-refractivity contribution in [3.63, 3.8) is 0 Å². The minimum absolute atomic E-state index is 0.357. The predicted molar refractivity (Wildman–Crippen MR) is 73.0 cm³/mol. The zero-order valence-electron chi connectivity index (χ0n) is 11.9. The molecule has 4 nitrogen and oxygen atoms in total. The maximum absolute atomic E-state index is 12.9. The molecule has 0 amide bonds. The molecule has 0 aromatic heterocycles. The Morgan fingerprint density at radius 2 is 1.83 bits per heavy atom. The van der Waals surface area contributed by atoms with Crippen LogP contribution < -0.4 is 0 Å². The molecule has 0 heterocycles. The molecule has 0 aromatic carbocycles. The van der Waals surface area contributed by atoms with E-state index in [0.717, 1.165) is 25.7 Å². The monoisotopic (exact) mass is 278 g/mol. The van der Waals surface area contributed by atoms with Crippen LogP contribution >= 0.6 is 7.60 Å². The van der Waals surface area contributed by atoms with E-state index in [2.05, 4.69) is 0 Å². The zero-order valence-corrected chi connectivity index (χ0v) is 12.7. The van der Waals surface area contributed by atoms with E-state index in [1.54, 1.807) is 0 Å². The van der Waals surface area contributed by atoms with Gasteiger partial charge in [0.05, 0.1) is 24.5 Å². The molecule has 0 aromatic rings. The molecule has 108 valence electrons. The summed E-state index contributed by atoms with van der Waals surface area (Å²) in [6.45, 7) is 6.38. The molecule has 0 unspecified atom stereocenters. The first-order chi connectivity index (χ1) is 8.52. The topological polar surface area (TPSA) is 55.8 Å². The van der Waals surface area contributed by atoms with E-state index in [4.69, 9.17) is 9.05 Å². The van der Waals surface area contributed by atoms with Gasteiger partial charge in [0, 0.05) is 0 Å². The van der Waals surface area contributed by atoms with Gasteiger partial charge in [0.15, 0.2) is 0 Å². The summed E-state index contributed by atoms with van der Waals surface area (Å²) in [6.07, 6.45) is 4.96. The molecule has 1 saturated carbocycles. The van der Waals surface area contributed by atoms with E-state index in [1.807, 2.05) is 20.8 Å². The van der Waals surface area contributed by atoms with Gasteiger partial charge in [-0.2, -0.15) is 0 Å². The molecule has 0 saturated heterocycles. The summed E-state index contributed by atoms with van der Waals surface area (Å²) >= 11 is 0. The molecule has 0 radical (unpaired) electrons. The van der Waals surface area contributed by atoms with Crippen molar-refractivity contribution in [1.29, 1.82) is 0 Å². The molecule has 5 heteroatoms. The fraction of sp³-hybridized carbons (Fsp3) is 1.00. The van der Waals surface area contributed by atoms with Gasteiger partial charge < -0.3 is 14.2 Å². The summed E-state index contributed by atoms with van der Waals surface area (Å²) in [5, 5.41) is 10.8. The lowest BCUT2D eigenvalue weighted by Crippen LogP contribution is -2.45. The Balaban J connectivity index is 2.95. The van der Waals surface area contributed by atoms with Crippen molar-refractivity contribution in [3.8, 4) is 0 Å². The highest BCUT2D eigenvalue weighted by Crippen LogP contribution is 2.60. The van der Waals surface area contributed by atoms with Crippen LogP contribution in [0.3, 0.4) is 0 Å². The van der Waals surface area contributed by atoms with Crippen LogP contribution in [0.1, 0.15) is 59.3 Å². The highest BCUT2D eigenvalue weighted by Gasteiger charge is 2.50. The summed E-state index contributed by atoms with van der Waals surface area (Å²) in [5.74, 6) is 0. The van der Waals surface area contributed by atoms with Crippen molar-refractivity contribution in [2.75, 3.05) is 13.2 Å². The molecule has 18 heavy (non-hydrogen) atoms. The van der Waals surface area contributed by atoms with E-state index in [9.17, 15) is 9.67 Å². The first-order valence-corrected chi connectivity index (χ1v) is 8.74. The van der Waals surface area contributed by atoms with Crippen LogP contribution in [0.15, 0.2) is 0 Å². The summed E-state index contributed by atoms with van der Waals surface area (Å²) in [6, 6.07) is 0. The van der Waals surface area contributed by atoms with Gasteiger partial charge in [-0.25, -0.2) is 0 Å². The van der Waals surface area contributed by atoms with E-state index in [0.29, 0.717) is 26.1 Å². The van der Waals surface area contributed by atoms with Crippen molar-refractivity contribution in [2.24, 2.45) is 0 Å².